The summed E-state index contributed by atoms with van der Waals surface area (Å²) in [6.07, 6.45) is 3.32. The summed E-state index contributed by atoms with van der Waals surface area (Å²) < 4.78 is 41.6. The predicted molar refractivity (Wildman–Crippen MR) is 157 cm³/mol. The Morgan fingerprint density at radius 2 is 1.79 bits per heavy atom. The first-order chi connectivity index (χ1) is 20.5. The van der Waals surface area contributed by atoms with Crippen molar-refractivity contribution < 1.29 is 22.8 Å². The van der Waals surface area contributed by atoms with E-state index in [0.29, 0.717) is 30.0 Å². The number of benzene rings is 1. The van der Waals surface area contributed by atoms with Gasteiger partial charge in [-0.1, -0.05) is 0 Å². The molecule has 2 heterocycles. The van der Waals surface area contributed by atoms with E-state index in [1.807, 2.05) is 7.05 Å². The second-order valence-electron chi connectivity index (χ2n) is 13.0. The first-order valence-corrected chi connectivity index (χ1v) is 15.3. The second-order valence-corrected chi connectivity index (χ2v) is 13.0. The molecule has 1 saturated heterocycles. The average molecular weight is 600 g/mol. The van der Waals surface area contributed by atoms with Crippen molar-refractivity contribution >= 4 is 29.3 Å². The predicted octanol–water partition coefficient (Wildman–Crippen LogP) is 4.90. The Balaban J connectivity index is 1.09. The Bertz CT molecular complexity index is 1340. The number of piperidine rings is 1. The quantitative estimate of drug-likeness (QED) is 0.377. The van der Waals surface area contributed by atoms with Gasteiger partial charge in [-0.3, -0.25) is 9.59 Å². The number of likely N-dealkylation sites (tertiary alicyclic amines) is 1. The highest BCUT2D eigenvalue weighted by atomic mass is 19.4. The molecular formula is C31H40F3N7O2. The van der Waals surface area contributed by atoms with Crippen LogP contribution in [0, 0.1) is 17.3 Å². The summed E-state index contributed by atoms with van der Waals surface area (Å²) in [4.78, 5) is 37.8. The molecule has 2 aromatic rings. The van der Waals surface area contributed by atoms with E-state index in [9.17, 15) is 22.8 Å². The fourth-order valence-electron chi connectivity index (χ4n) is 6.65. The zero-order chi connectivity index (χ0) is 30.4. The molecule has 0 bridgehead atoms. The second kappa shape index (κ2) is 11.6. The number of nitrogens with zero attached hydrogens (tertiary/aromatic N) is 4. The van der Waals surface area contributed by atoms with Crippen LogP contribution in [0.5, 0.6) is 0 Å². The molecule has 9 nitrogen and oxygen atoms in total. The topological polar surface area (TPSA) is 102 Å². The SMILES string of the molecule is CN1CCC(N(C)C(=O)c2ccc(Nc3ncc(C(F)(F)F)c(NC4C[C@@]45CC[C@H](C(=O)NCC4CC4)C5)n3)cc2)CC1. The average Bonchev–Trinajstić information content (AvgIpc) is 3.88. The van der Waals surface area contributed by atoms with E-state index in [1.165, 1.54) is 12.8 Å². The van der Waals surface area contributed by atoms with Gasteiger partial charge in [0.25, 0.3) is 5.91 Å². The maximum atomic E-state index is 13.9. The number of alkyl halides is 3. The lowest BCUT2D eigenvalue weighted by Gasteiger charge is -2.35. The molecule has 232 valence electrons. The molecule has 3 atom stereocenters. The third-order valence-electron chi connectivity index (χ3n) is 9.82. The van der Waals surface area contributed by atoms with Crippen LogP contribution in [-0.4, -0.2) is 77.4 Å². The minimum atomic E-state index is -4.62. The van der Waals surface area contributed by atoms with E-state index in [4.69, 9.17) is 0 Å². The molecule has 6 rings (SSSR count). The van der Waals surface area contributed by atoms with Crippen LogP contribution in [-0.2, 0) is 11.0 Å². The van der Waals surface area contributed by atoms with Crippen LogP contribution in [0.1, 0.15) is 67.3 Å². The van der Waals surface area contributed by atoms with Crippen molar-refractivity contribution in [3.05, 3.63) is 41.6 Å². The van der Waals surface area contributed by atoms with Crippen LogP contribution in [0.2, 0.25) is 0 Å². The maximum Gasteiger partial charge on any atom is 0.421 e. The van der Waals surface area contributed by atoms with Gasteiger partial charge in [0.2, 0.25) is 11.9 Å². The summed E-state index contributed by atoms with van der Waals surface area (Å²) in [6, 6.07) is 6.82. The zero-order valence-corrected chi connectivity index (χ0v) is 24.7. The molecule has 4 aliphatic rings. The Kier molecular flexibility index (Phi) is 7.99. The zero-order valence-electron chi connectivity index (χ0n) is 24.7. The summed E-state index contributed by atoms with van der Waals surface area (Å²) in [7, 11) is 3.91. The van der Waals surface area contributed by atoms with Crippen LogP contribution in [0.3, 0.4) is 0 Å². The number of anilines is 3. The highest BCUT2D eigenvalue weighted by Crippen LogP contribution is 2.61. The van der Waals surface area contributed by atoms with E-state index in [-0.39, 0.29) is 47.0 Å². The Labute approximate surface area is 250 Å². The van der Waals surface area contributed by atoms with Gasteiger partial charge >= 0.3 is 6.18 Å². The minimum Gasteiger partial charge on any atom is -0.366 e. The van der Waals surface area contributed by atoms with Crippen molar-refractivity contribution in [2.45, 2.75) is 69.6 Å². The summed E-state index contributed by atoms with van der Waals surface area (Å²) in [5, 5.41) is 9.07. The fourth-order valence-corrected chi connectivity index (χ4v) is 6.65. The minimum absolute atomic E-state index is 0.0245. The molecule has 2 amide bonds. The number of amides is 2. The van der Waals surface area contributed by atoms with Crippen molar-refractivity contribution in [3.63, 3.8) is 0 Å². The van der Waals surface area contributed by atoms with Crippen molar-refractivity contribution in [2.24, 2.45) is 17.3 Å². The third kappa shape index (κ3) is 6.73. The van der Waals surface area contributed by atoms with Crippen molar-refractivity contribution in [1.29, 1.82) is 0 Å². The maximum absolute atomic E-state index is 13.9. The number of aromatic nitrogens is 2. The third-order valence-corrected chi connectivity index (χ3v) is 9.82. The number of halogens is 3. The first kappa shape index (κ1) is 29.7. The van der Waals surface area contributed by atoms with Gasteiger partial charge in [-0.05, 0) is 107 Å². The van der Waals surface area contributed by atoms with E-state index in [1.54, 1.807) is 29.2 Å². The first-order valence-electron chi connectivity index (χ1n) is 15.3. The van der Waals surface area contributed by atoms with E-state index in [0.717, 1.165) is 51.5 Å². The molecular weight excluding hydrogens is 559 g/mol. The van der Waals surface area contributed by atoms with Gasteiger partial charge in [-0.2, -0.15) is 18.2 Å². The summed E-state index contributed by atoms with van der Waals surface area (Å²) in [5.74, 6) is 0.282. The largest absolute Gasteiger partial charge is 0.421 e. The number of carbonyl (C=O) groups is 2. The van der Waals surface area contributed by atoms with Gasteiger partial charge in [0, 0.05) is 49.0 Å². The van der Waals surface area contributed by atoms with Gasteiger partial charge in [0.05, 0.1) is 0 Å². The van der Waals surface area contributed by atoms with Crippen molar-refractivity contribution in [1.82, 2.24) is 25.1 Å². The van der Waals surface area contributed by atoms with Crippen LogP contribution in [0.25, 0.3) is 0 Å². The normalized spacial score (nSPS) is 25.9. The van der Waals surface area contributed by atoms with Gasteiger partial charge in [0.15, 0.2) is 0 Å². The van der Waals surface area contributed by atoms with Crippen molar-refractivity contribution in [2.75, 3.05) is 44.4 Å². The Hall–Kier alpha value is -3.41. The number of hydrogen-bond donors (Lipinski definition) is 3. The van der Waals surface area contributed by atoms with Crippen LogP contribution < -0.4 is 16.0 Å². The molecule has 12 heteroatoms. The number of hydrogen-bond acceptors (Lipinski definition) is 7. The molecule has 3 aliphatic carbocycles. The van der Waals surface area contributed by atoms with Crippen molar-refractivity contribution in [3.8, 4) is 0 Å². The monoisotopic (exact) mass is 599 g/mol. The lowest BCUT2D eigenvalue weighted by molar-refractivity contribution is -0.137. The highest BCUT2D eigenvalue weighted by molar-refractivity contribution is 5.94. The molecule has 4 fully saturated rings. The van der Waals surface area contributed by atoms with Gasteiger partial charge in [-0.15, -0.1) is 0 Å². The Morgan fingerprint density at radius 1 is 1.07 bits per heavy atom. The highest BCUT2D eigenvalue weighted by Gasteiger charge is 2.59. The van der Waals surface area contributed by atoms with Crippen LogP contribution in [0.15, 0.2) is 30.5 Å². The summed E-state index contributed by atoms with van der Waals surface area (Å²) >= 11 is 0. The molecule has 1 aliphatic heterocycles. The van der Waals surface area contributed by atoms with E-state index < -0.39 is 11.7 Å². The molecule has 3 N–H and O–H groups in total. The Morgan fingerprint density at radius 3 is 2.47 bits per heavy atom. The smallest absolute Gasteiger partial charge is 0.366 e. The van der Waals surface area contributed by atoms with E-state index >= 15 is 0 Å². The molecule has 1 spiro atoms. The molecule has 0 radical (unpaired) electrons. The summed E-state index contributed by atoms with van der Waals surface area (Å²) in [5.41, 5.74) is 0.00181. The molecule has 1 unspecified atom stereocenters. The van der Waals surface area contributed by atoms with Crippen LogP contribution in [0.4, 0.5) is 30.6 Å². The van der Waals surface area contributed by atoms with Gasteiger partial charge in [-0.25, -0.2) is 4.98 Å². The lowest BCUT2D eigenvalue weighted by atomic mass is 10.0. The summed E-state index contributed by atoms with van der Waals surface area (Å²) in [6.45, 7) is 2.63. The molecule has 43 heavy (non-hydrogen) atoms. The lowest BCUT2D eigenvalue weighted by Crippen LogP contribution is -2.44. The fraction of sp³-hybridized carbons (Fsp3) is 0.613. The molecule has 1 aromatic heterocycles. The molecule has 1 aromatic carbocycles. The number of carbonyl (C=O) groups excluding carboxylic acids is 2. The van der Waals surface area contributed by atoms with E-state index in [2.05, 4.69) is 37.9 Å². The number of nitrogens with one attached hydrogen (secondary N) is 3. The van der Waals surface area contributed by atoms with Gasteiger partial charge in [0.1, 0.15) is 11.4 Å². The standard InChI is InChI=1S/C31H40F3N7O2/c1-40-13-10-23(11-14-40)41(2)28(43)20-5-7-22(8-6-20)37-29-36-18-24(31(32,33)34)26(39-29)38-25-16-30(25)12-9-21(15-30)27(42)35-17-19-3-4-19/h5-8,18-19,21,23,25H,3-4,9-17H2,1-2H3,(H,35,42)(H2,36,37,38,39)/t21-,25?,30-/m0/s1. The van der Waals surface area contributed by atoms with Crippen LogP contribution >= 0.6 is 0 Å². The number of rotatable bonds is 9. The van der Waals surface area contributed by atoms with Gasteiger partial charge < -0.3 is 25.8 Å². The molecule has 3 saturated carbocycles.